The van der Waals surface area contributed by atoms with Crippen LogP contribution in [-0.2, 0) is 28.9 Å². The third-order valence-electron chi connectivity index (χ3n) is 6.88. The number of nitrogens with one attached hydrogen (secondary N) is 4. The summed E-state index contributed by atoms with van der Waals surface area (Å²) < 4.78 is 5.88. The molecule has 38 heavy (non-hydrogen) atoms. The Morgan fingerprint density at radius 1 is 1.21 bits per heavy atom. The van der Waals surface area contributed by atoms with Crippen molar-refractivity contribution in [2.45, 2.75) is 39.0 Å². The minimum Gasteiger partial charge on any atom is -0.491 e. The molecule has 2 heterocycles. The molecule has 0 aliphatic heterocycles. The third-order valence-corrected chi connectivity index (χ3v) is 6.88. The fraction of sp³-hybridized carbons (Fsp3) is 0.276. The van der Waals surface area contributed by atoms with E-state index in [-0.39, 0.29) is 23.3 Å². The van der Waals surface area contributed by atoms with E-state index in [1.54, 1.807) is 6.07 Å². The highest BCUT2D eigenvalue weighted by molar-refractivity contribution is 6.46. The highest BCUT2D eigenvalue weighted by Crippen LogP contribution is 2.40. The molecule has 9 heteroatoms. The quantitative estimate of drug-likeness (QED) is 0.267. The smallest absolute Gasteiger partial charge is 0.247 e. The van der Waals surface area contributed by atoms with Crippen molar-refractivity contribution in [3.8, 4) is 28.3 Å². The number of rotatable bonds is 8. The van der Waals surface area contributed by atoms with Gasteiger partial charge in [0.2, 0.25) is 17.6 Å². The van der Waals surface area contributed by atoms with Gasteiger partial charge in [-0.1, -0.05) is 6.58 Å². The summed E-state index contributed by atoms with van der Waals surface area (Å²) in [5.74, 6) is -0.120. The number of aryl methyl sites for hydroxylation is 2. The summed E-state index contributed by atoms with van der Waals surface area (Å²) >= 11 is 0. The molecule has 3 aromatic rings. The van der Waals surface area contributed by atoms with Crippen molar-refractivity contribution in [1.82, 2.24) is 15.3 Å². The van der Waals surface area contributed by atoms with Gasteiger partial charge in [-0.05, 0) is 73.6 Å². The first-order chi connectivity index (χ1) is 18.4. The summed E-state index contributed by atoms with van der Waals surface area (Å²) in [6.07, 6.45) is 6.31. The molecule has 9 nitrogen and oxygen atoms in total. The van der Waals surface area contributed by atoms with Gasteiger partial charge in [0.1, 0.15) is 5.75 Å². The fourth-order valence-electron chi connectivity index (χ4n) is 5.00. The van der Waals surface area contributed by atoms with E-state index in [0.29, 0.717) is 49.4 Å². The number of ketones is 1. The van der Waals surface area contributed by atoms with E-state index in [1.165, 1.54) is 13.0 Å². The van der Waals surface area contributed by atoms with Crippen molar-refractivity contribution in [3.05, 3.63) is 65.5 Å². The Kier molecular flexibility index (Phi) is 6.91. The summed E-state index contributed by atoms with van der Waals surface area (Å²) in [6, 6.07) is 7.49. The van der Waals surface area contributed by atoms with Crippen molar-refractivity contribution in [1.29, 1.82) is 5.41 Å². The maximum Gasteiger partial charge on any atom is 0.247 e. The van der Waals surface area contributed by atoms with E-state index >= 15 is 0 Å². The van der Waals surface area contributed by atoms with Gasteiger partial charge in [-0.25, -0.2) is 0 Å². The van der Waals surface area contributed by atoms with E-state index in [4.69, 9.17) is 10.1 Å². The van der Waals surface area contributed by atoms with Gasteiger partial charge in [0.25, 0.3) is 0 Å². The van der Waals surface area contributed by atoms with Crippen molar-refractivity contribution in [2.75, 3.05) is 18.5 Å². The lowest BCUT2D eigenvalue weighted by Crippen LogP contribution is -2.22. The number of anilines is 1. The molecule has 0 spiro atoms. The molecule has 2 aliphatic carbocycles. The van der Waals surface area contributed by atoms with Crippen molar-refractivity contribution < 1.29 is 19.1 Å². The van der Waals surface area contributed by atoms with Crippen LogP contribution in [0.25, 0.3) is 22.5 Å². The topological polar surface area (TPSA) is 137 Å². The van der Waals surface area contributed by atoms with Crippen LogP contribution in [-0.4, -0.2) is 46.4 Å². The van der Waals surface area contributed by atoms with Crippen LogP contribution in [0.2, 0.25) is 0 Å². The monoisotopic (exact) mass is 511 g/mol. The average Bonchev–Trinajstić information content (AvgIpc) is 3.30. The molecule has 1 aromatic carbocycles. The number of carbonyl (C=O) groups excluding carboxylic acids is 3. The SMILES string of the molecule is C=CC(=O)Nc1cc(-c2cc3c(cn2)CCc2c-3[nH]c3c2C(=O)C(=N)CC3)ccc1OCCCNC(C)=O. The number of ether oxygens (including phenoxy) is 1. The highest BCUT2D eigenvalue weighted by Gasteiger charge is 2.32. The average molecular weight is 512 g/mol. The second-order valence-corrected chi connectivity index (χ2v) is 9.46. The maximum absolute atomic E-state index is 12.7. The zero-order valence-electron chi connectivity index (χ0n) is 21.2. The number of Topliss-reactive ketones (excluding diaryl/α,β-unsaturated/α-hetero) is 1. The lowest BCUT2D eigenvalue weighted by molar-refractivity contribution is -0.119. The lowest BCUT2D eigenvalue weighted by Gasteiger charge is -2.19. The van der Waals surface area contributed by atoms with E-state index < -0.39 is 0 Å². The van der Waals surface area contributed by atoms with Crippen LogP contribution in [0.3, 0.4) is 0 Å². The standard InChI is InChI=1S/C29H29N5O4/c1-3-26(36)33-24-13-17(6-10-25(24)38-12-4-11-31-16(2)35)23-14-20-18(15-32-23)5-7-19-27-22(34-28(19)20)9-8-21(30)29(27)37/h3,6,10,13-15,30,34H,1,4-5,7-9,11-12H2,2H3,(H,31,35)(H,33,36). The molecule has 4 N–H and O–H groups in total. The molecule has 2 aromatic heterocycles. The molecule has 2 amide bonds. The Hall–Kier alpha value is -4.53. The molecule has 194 valence electrons. The molecule has 0 radical (unpaired) electrons. The molecule has 0 unspecified atom stereocenters. The Morgan fingerprint density at radius 2 is 2.05 bits per heavy atom. The van der Waals surface area contributed by atoms with Crippen LogP contribution in [0, 0.1) is 5.41 Å². The molecular weight excluding hydrogens is 482 g/mol. The predicted octanol–water partition coefficient (Wildman–Crippen LogP) is 4.02. The molecule has 0 fully saturated rings. The zero-order valence-corrected chi connectivity index (χ0v) is 21.2. The number of aromatic amines is 1. The normalized spacial score (nSPS) is 13.7. The van der Waals surface area contributed by atoms with Gasteiger partial charge in [-0.15, -0.1) is 0 Å². The number of hydrogen-bond acceptors (Lipinski definition) is 6. The van der Waals surface area contributed by atoms with Crippen LogP contribution < -0.4 is 15.4 Å². The van der Waals surface area contributed by atoms with Crippen LogP contribution in [0.4, 0.5) is 5.69 Å². The minimum absolute atomic E-state index is 0.0939. The number of nitrogens with zero attached hydrogens (tertiary/aromatic N) is 1. The van der Waals surface area contributed by atoms with Crippen molar-refractivity contribution >= 4 is 29.0 Å². The van der Waals surface area contributed by atoms with Gasteiger partial charge in [0, 0.05) is 42.0 Å². The summed E-state index contributed by atoms with van der Waals surface area (Å²) in [4.78, 5) is 44.1. The Balaban J connectivity index is 1.45. The Morgan fingerprint density at radius 3 is 2.84 bits per heavy atom. The van der Waals surface area contributed by atoms with Crippen LogP contribution in [0.5, 0.6) is 5.75 Å². The van der Waals surface area contributed by atoms with Crippen LogP contribution in [0.15, 0.2) is 43.1 Å². The first-order valence-electron chi connectivity index (χ1n) is 12.7. The summed E-state index contributed by atoms with van der Waals surface area (Å²) in [7, 11) is 0. The Labute approximate surface area is 220 Å². The minimum atomic E-state index is -0.361. The van der Waals surface area contributed by atoms with Gasteiger partial charge in [-0.3, -0.25) is 19.4 Å². The molecule has 5 rings (SSSR count). The predicted molar refractivity (Wildman–Crippen MR) is 145 cm³/mol. The second-order valence-electron chi connectivity index (χ2n) is 9.46. The fourth-order valence-corrected chi connectivity index (χ4v) is 5.00. The van der Waals surface area contributed by atoms with Crippen LogP contribution in [0.1, 0.15) is 46.9 Å². The second kappa shape index (κ2) is 10.5. The van der Waals surface area contributed by atoms with Gasteiger partial charge < -0.3 is 25.8 Å². The van der Waals surface area contributed by atoms with Gasteiger partial charge >= 0.3 is 0 Å². The maximum atomic E-state index is 12.7. The number of pyridine rings is 1. The number of hydrogen-bond donors (Lipinski definition) is 4. The lowest BCUT2D eigenvalue weighted by atomic mass is 9.85. The van der Waals surface area contributed by atoms with Crippen molar-refractivity contribution in [3.63, 3.8) is 0 Å². The summed E-state index contributed by atoms with van der Waals surface area (Å²) in [5, 5.41) is 13.6. The van der Waals surface area contributed by atoms with Gasteiger partial charge in [0.05, 0.1) is 29.4 Å². The van der Waals surface area contributed by atoms with Crippen LogP contribution >= 0.6 is 0 Å². The van der Waals surface area contributed by atoms with E-state index in [0.717, 1.165) is 52.2 Å². The van der Waals surface area contributed by atoms with Crippen molar-refractivity contribution in [2.24, 2.45) is 0 Å². The summed E-state index contributed by atoms with van der Waals surface area (Å²) in [6.45, 7) is 5.86. The number of H-pyrrole nitrogens is 1. The Bertz CT molecular complexity index is 1490. The van der Waals surface area contributed by atoms with E-state index in [2.05, 4.69) is 27.2 Å². The van der Waals surface area contributed by atoms with Gasteiger partial charge in [0.15, 0.2) is 0 Å². The van der Waals surface area contributed by atoms with E-state index in [1.807, 2.05) is 24.4 Å². The highest BCUT2D eigenvalue weighted by atomic mass is 16.5. The van der Waals surface area contributed by atoms with E-state index in [9.17, 15) is 14.4 Å². The molecule has 0 saturated carbocycles. The number of aromatic nitrogens is 2. The zero-order chi connectivity index (χ0) is 26.8. The molecular formula is C29H29N5O4. The first kappa shape index (κ1) is 25.1. The van der Waals surface area contributed by atoms with Gasteiger partial charge in [-0.2, -0.15) is 0 Å². The summed E-state index contributed by atoms with van der Waals surface area (Å²) in [5.41, 5.74) is 7.78. The molecule has 2 aliphatic rings. The molecule has 0 bridgehead atoms. The third kappa shape index (κ3) is 4.87. The largest absolute Gasteiger partial charge is 0.491 e. The molecule has 0 atom stereocenters. The number of fused-ring (bicyclic) bond motifs is 5. The number of amides is 2. The molecule has 0 saturated heterocycles. The number of benzene rings is 1. The number of carbonyl (C=O) groups is 3. The first-order valence-corrected chi connectivity index (χ1v) is 12.7.